The number of thioether (sulfide) groups is 1. The maximum Gasteiger partial charge on any atom is 0.352 e. The molecule has 14 N–H and O–H groups in total. The lowest BCUT2D eigenvalue weighted by Gasteiger charge is -2.56. The maximum absolute atomic E-state index is 13.3. The van der Waals surface area contributed by atoms with Gasteiger partial charge in [-0.25, -0.2) is 4.79 Å². The first-order valence-corrected chi connectivity index (χ1v) is 15.5. The first-order valence-electron chi connectivity index (χ1n) is 14.4. The number of carbonyl (C=O) groups excluding carboxylic acids is 5. The van der Waals surface area contributed by atoms with Crippen molar-refractivity contribution >= 4 is 59.8 Å². The normalized spacial score (nSPS) is 21.1. The molecule has 0 aliphatic carbocycles. The highest BCUT2D eigenvalue weighted by atomic mass is 32.2. The largest absolute Gasteiger partial charge is 0.480 e. The van der Waals surface area contributed by atoms with Crippen molar-refractivity contribution in [3.8, 4) is 0 Å². The van der Waals surface area contributed by atoms with Crippen molar-refractivity contribution in [3.63, 3.8) is 0 Å². The Hall–Kier alpha value is -4.47. The summed E-state index contributed by atoms with van der Waals surface area (Å²) in [5.74, 6) is -6.21. The average Bonchev–Trinajstić information content (AvgIpc) is 2.99. The molecule has 0 aromatic carbocycles. The van der Waals surface area contributed by atoms with Gasteiger partial charge >= 0.3 is 17.9 Å². The molecular weight excluding hydrogens is 646 g/mol. The predicted octanol–water partition coefficient (Wildman–Crippen LogP) is -4.44. The van der Waals surface area contributed by atoms with Crippen molar-refractivity contribution in [2.45, 2.75) is 80.7 Å². The lowest BCUT2D eigenvalue weighted by molar-refractivity contribution is -0.162. The number of hydrogen-bond donors (Lipinski definition) is 10. The summed E-state index contributed by atoms with van der Waals surface area (Å²) in [5, 5.41) is 35.7. The summed E-state index contributed by atoms with van der Waals surface area (Å²) in [5.41, 5.74) is 19.2. The summed E-state index contributed by atoms with van der Waals surface area (Å²) in [7, 11) is 0. The average molecular weight is 688 g/mol. The van der Waals surface area contributed by atoms with E-state index in [4.69, 9.17) is 32.8 Å². The summed E-state index contributed by atoms with van der Waals surface area (Å²) in [4.78, 5) is 89.9. The number of hydrogen-bond acceptors (Lipinski definition) is 13. The number of carboxylic acids is 2. The van der Waals surface area contributed by atoms with Gasteiger partial charge in [-0.05, 0) is 32.6 Å². The number of aliphatic imine (C=N–C) groups is 1. The van der Waals surface area contributed by atoms with E-state index in [1.165, 1.54) is 6.92 Å². The van der Waals surface area contributed by atoms with Crippen molar-refractivity contribution in [2.75, 3.05) is 18.9 Å². The molecule has 1 saturated heterocycles. The minimum Gasteiger partial charge on any atom is -0.480 e. The summed E-state index contributed by atoms with van der Waals surface area (Å²) in [6.07, 6.45) is -1.51. The third-order valence-electron chi connectivity index (χ3n) is 7.17. The Kier molecular flexibility index (Phi) is 14.4. The minimum absolute atomic E-state index is 0.0260. The molecule has 2 aliphatic rings. The fourth-order valence-electron chi connectivity index (χ4n) is 4.73. The Bertz CT molecular complexity index is 1290. The van der Waals surface area contributed by atoms with E-state index in [0.717, 1.165) is 16.7 Å². The summed E-state index contributed by atoms with van der Waals surface area (Å²) in [6.45, 7) is 1.06. The Morgan fingerprint density at radius 3 is 2.43 bits per heavy atom. The first-order chi connectivity index (χ1) is 22.0. The monoisotopic (exact) mass is 687 g/mol. The number of aliphatic hydroxyl groups excluding tert-OH is 1. The molecule has 2 rings (SSSR count). The number of fused-ring (bicyclic) bond motifs is 1. The highest BCUT2D eigenvalue weighted by molar-refractivity contribution is 8.00. The van der Waals surface area contributed by atoms with E-state index in [-0.39, 0.29) is 55.9 Å². The molecule has 0 radical (unpaired) electrons. The lowest BCUT2D eigenvalue weighted by Crippen LogP contribution is -2.85. The van der Waals surface area contributed by atoms with Crippen LogP contribution in [0, 0.1) is 0 Å². The van der Waals surface area contributed by atoms with Gasteiger partial charge in [0.2, 0.25) is 23.9 Å². The van der Waals surface area contributed by atoms with Gasteiger partial charge < -0.3 is 58.9 Å². The third kappa shape index (κ3) is 10.3. The van der Waals surface area contributed by atoms with Crippen molar-refractivity contribution in [3.05, 3.63) is 11.3 Å². The van der Waals surface area contributed by atoms with Gasteiger partial charge in [-0.2, -0.15) is 0 Å². The number of rotatable bonds is 20. The Labute approximate surface area is 273 Å². The molecule has 0 aromatic heterocycles. The van der Waals surface area contributed by atoms with Crippen LogP contribution in [0.15, 0.2) is 16.3 Å². The van der Waals surface area contributed by atoms with Crippen LogP contribution in [0.1, 0.15) is 45.4 Å². The molecule has 2 heterocycles. The summed E-state index contributed by atoms with van der Waals surface area (Å²) in [6, 6.07) is -3.01. The van der Waals surface area contributed by atoms with Gasteiger partial charge in [-0.3, -0.25) is 38.7 Å². The van der Waals surface area contributed by atoms with Gasteiger partial charge in [0.05, 0.1) is 24.6 Å². The second kappa shape index (κ2) is 17.4. The Balaban J connectivity index is 2.10. The molecule has 0 aromatic rings. The van der Waals surface area contributed by atoms with Crippen molar-refractivity contribution in [1.82, 2.24) is 20.9 Å². The predicted molar refractivity (Wildman–Crippen MR) is 164 cm³/mol. The molecule has 0 bridgehead atoms. The molecule has 6 atom stereocenters. The zero-order valence-corrected chi connectivity index (χ0v) is 26.4. The molecule has 0 spiro atoms. The zero-order valence-electron chi connectivity index (χ0n) is 25.5. The maximum atomic E-state index is 13.3. The number of ether oxygens (including phenoxy) is 1. The van der Waals surface area contributed by atoms with Crippen molar-refractivity contribution in [2.24, 2.45) is 27.9 Å². The number of nitrogens with two attached hydrogens (primary N) is 4. The van der Waals surface area contributed by atoms with E-state index in [1.54, 1.807) is 0 Å². The molecule has 20 nitrogen and oxygen atoms in total. The van der Waals surface area contributed by atoms with Crippen molar-refractivity contribution < 1.29 is 53.6 Å². The molecule has 2 aliphatic heterocycles. The number of aliphatic carboxylic acids is 2. The smallest absolute Gasteiger partial charge is 0.352 e. The van der Waals surface area contributed by atoms with Crippen LogP contribution in [-0.4, -0.2) is 122 Å². The minimum atomic E-state index is -1.98. The number of esters is 1. The number of nitrogens with zero attached hydrogens (tertiary/aromatic N) is 2. The van der Waals surface area contributed by atoms with E-state index in [2.05, 4.69) is 20.9 Å². The van der Waals surface area contributed by atoms with Crippen LogP contribution in [0.5, 0.6) is 0 Å². The molecule has 262 valence electrons. The summed E-state index contributed by atoms with van der Waals surface area (Å²) < 4.78 is 5.22. The first kappa shape index (κ1) is 38.7. The number of aliphatic hydroxyl groups is 1. The molecule has 0 saturated carbocycles. The number of guanidine groups is 1. The fraction of sp³-hybridized carbons (Fsp3) is 0.615. The quantitative estimate of drug-likeness (QED) is 0.0110. The van der Waals surface area contributed by atoms with Crippen LogP contribution in [0.4, 0.5) is 0 Å². The highest BCUT2D eigenvalue weighted by Gasteiger charge is 2.66. The summed E-state index contributed by atoms with van der Waals surface area (Å²) >= 11 is 0.982. The van der Waals surface area contributed by atoms with Crippen molar-refractivity contribution in [1.29, 1.82) is 0 Å². The molecule has 47 heavy (non-hydrogen) atoms. The van der Waals surface area contributed by atoms with Gasteiger partial charge in [-0.15, -0.1) is 11.8 Å². The lowest BCUT2D eigenvalue weighted by atomic mass is 9.94. The van der Waals surface area contributed by atoms with Crippen LogP contribution >= 0.6 is 11.8 Å². The van der Waals surface area contributed by atoms with E-state index in [1.807, 2.05) is 0 Å². The van der Waals surface area contributed by atoms with Gasteiger partial charge in [0.1, 0.15) is 23.7 Å². The second-order valence-corrected chi connectivity index (χ2v) is 11.9. The second-order valence-electron chi connectivity index (χ2n) is 10.8. The van der Waals surface area contributed by atoms with Gasteiger partial charge in [0, 0.05) is 24.3 Å². The standard InChI is InChI=1S/C26H41N9O11S/c1-12(27)20(40)33-15(5-3-7-31-25(29)30)16(37)8-18(39)46-9-13-10-47-24-26(32-11-36,23(45)35(24)19(13)22(43)44)34-17(38)6-2-4-14(28)21(41)42/h11-12,14-16,24,37H,2-10,27-28H2,1H3,(H,32,36)(H,33,40)(H,34,38)(H,41,42)(H,43,44)(H4,29,30,31)/t12-,14+,15-,16+,24+,26+/m0/s1. The molecule has 1 fully saturated rings. The van der Waals surface area contributed by atoms with Crippen LogP contribution in [-0.2, 0) is 38.3 Å². The number of nitrogens with one attached hydrogen (secondary N) is 3. The Morgan fingerprint density at radius 2 is 1.85 bits per heavy atom. The number of amides is 4. The van der Waals surface area contributed by atoms with Gasteiger partial charge in [0.15, 0.2) is 5.96 Å². The van der Waals surface area contributed by atoms with Crippen LogP contribution < -0.4 is 38.9 Å². The van der Waals surface area contributed by atoms with E-state index < -0.39 is 89.6 Å². The van der Waals surface area contributed by atoms with Crippen LogP contribution in [0.2, 0.25) is 0 Å². The molecule has 21 heteroatoms. The number of carboxylic acid groups (broad SMARTS) is 2. The zero-order chi connectivity index (χ0) is 35.5. The van der Waals surface area contributed by atoms with Gasteiger partial charge in [-0.1, -0.05) is 0 Å². The topological polar surface area (TPSA) is 345 Å². The number of carbonyl (C=O) groups is 7. The number of β-lactam (4-membered cyclic amide) rings is 1. The van der Waals surface area contributed by atoms with E-state index in [0.29, 0.717) is 6.42 Å². The SMILES string of the molecule is C[C@H](N)C(=O)N[C@@H](CCCN=C(N)N)[C@H](O)CC(=O)OCC1=C(C(=O)O)N2C(=O)[C@@](NC=O)(NC(=O)CCC[C@@H](N)C(=O)O)[C@H]2SC1. The molecular formula is C26H41N9O11S. The Morgan fingerprint density at radius 1 is 1.17 bits per heavy atom. The third-order valence-corrected chi connectivity index (χ3v) is 8.57. The van der Waals surface area contributed by atoms with E-state index in [9.17, 15) is 43.8 Å². The van der Waals surface area contributed by atoms with Gasteiger partial charge in [0.25, 0.3) is 5.91 Å². The molecule has 4 amide bonds. The highest BCUT2D eigenvalue weighted by Crippen LogP contribution is 2.45. The van der Waals surface area contributed by atoms with E-state index >= 15 is 0 Å². The molecule has 0 unspecified atom stereocenters. The fourth-order valence-corrected chi connectivity index (χ4v) is 6.14. The van der Waals surface area contributed by atoms with Crippen LogP contribution in [0.25, 0.3) is 0 Å². The van der Waals surface area contributed by atoms with Crippen LogP contribution in [0.3, 0.4) is 0 Å².